The van der Waals surface area contributed by atoms with Gasteiger partial charge in [0.15, 0.2) is 0 Å². The Hall–Kier alpha value is -3.40. The molecule has 0 aromatic heterocycles. The predicted molar refractivity (Wildman–Crippen MR) is 118 cm³/mol. The van der Waals surface area contributed by atoms with Gasteiger partial charge in [0.1, 0.15) is 6.54 Å². The molecule has 0 aliphatic heterocycles. The van der Waals surface area contributed by atoms with Crippen molar-refractivity contribution in [3.8, 4) is 0 Å². The van der Waals surface area contributed by atoms with Gasteiger partial charge in [-0.2, -0.15) is 0 Å². The molecule has 0 bridgehead atoms. The molecule has 4 nitrogen and oxygen atoms in total. The fourth-order valence-corrected chi connectivity index (χ4v) is 3.31. The third kappa shape index (κ3) is 4.91. The maximum Gasteiger partial charge on any atom is 0.247 e. The summed E-state index contributed by atoms with van der Waals surface area (Å²) in [6.07, 6.45) is 0. The Morgan fingerprint density at radius 2 is 1.38 bits per heavy atom. The molecule has 0 aliphatic carbocycles. The van der Waals surface area contributed by atoms with Crippen LogP contribution in [0.1, 0.15) is 23.6 Å². The summed E-state index contributed by atoms with van der Waals surface area (Å²) in [4.78, 5) is 29.1. The van der Waals surface area contributed by atoms with Crippen molar-refractivity contribution in [3.05, 3.63) is 95.6 Å². The van der Waals surface area contributed by atoms with E-state index in [0.29, 0.717) is 6.54 Å². The molecular weight excluding hydrogens is 360 g/mol. The topological polar surface area (TPSA) is 40.6 Å². The predicted octanol–water partition coefficient (Wildman–Crippen LogP) is 4.89. The Morgan fingerprint density at radius 3 is 2.00 bits per heavy atom. The summed E-state index contributed by atoms with van der Waals surface area (Å²) >= 11 is 0. The van der Waals surface area contributed by atoms with Crippen molar-refractivity contribution in [2.24, 2.45) is 0 Å². The van der Waals surface area contributed by atoms with E-state index >= 15 is 0 Å². The van der Waals surface area contributed by atoms with Gasteiger partial charge < -0.3 is 9.80 Å². The van der Waals surface area contributed by atoms with Crippen molar-refractivity contribution in [2.75, 3.05) is 16.3 Å². The molecule has 0 fully saturated rings. The molecule has 0 saturated heterocycles. The van der Waals surface area contributed by atoms with E-state index in [2.05, 4.69) is 0 Å². The van der Waals surface area contributed by atoms with E-state index in [0.717, 1.165) is 28.1 Å². The maximum atomic E-state index is 13.4. The van der Waals surface area contributed by atoms with Crippen LogP contribution in [0.3, 0.4) is 0 Å². The van der Waals surface area contributed by atoms with Gasteiger partial charge in [-0.1, -0.05) is 60.7 Å². The first kappa shape index (κ1) is 20.3. The maximum absolute atomic E-state index is 13.4. The van der Waals surface area contributed by atoms with Gasteiger partial charge in [0, 0.05) is 18.3 Å². The Balaban J connectivity index is 1.92. The van der Waals surface area contributed by atoms with Gasteiger partial charge in [-0.3, -0.25) is 9.59 Å². The average Bonchev–Trinajstić information content (AvgIpc) is 2.73. The quantitative estimate of drug-likeness (QED) is 0.605. The molecule has 0 saturated carbocycles. The molecular formula is C25H26N2O2. The first-order valence-corrected chi connectivity index (χ1v) is 9.71. The third-order valence-corrected chi connectivity index (χ3v) is 5.09. The van der Waals surface area contributed by atoms with E-state index in [-0.39, 0.29) is 18.4 Å². The highest BCUT2D eigenvalue weighted by Crippen LogP contribution is 2.24. The van der Waals surface area contributed by atoms with Crippen LogP contribution in [0.15, 0.2) is 78.9 Å². The zero-order chi connectivity index (χ0) is 20.8. The van der Waals surface area contributed by atoms with Gasteiger partial charge in [0.25, 0.3) is 0 Å². The number of aryl methyl sites for hydroxylation is 1. The fraction of sp³-hybridized carbons (Fsp3) is 0.200. The second-order valence-corrected chi connectivity index (χ2v) is 7.13. The Labute approximate surface area is 172 Å². The van der Waals surface area contributed by atoms with E-state index in [9.17, 15) is 9.59 Å². The molecule has 4 heteroatoms. The number of anilines is 2. The molecule has 0 radical (unpaired) electrons. The van der Waals surface area contributed by atoms with Crippen molar-refractivity contribution in [1.82, 2.24) is 0 Å². The molecule has 0 unspecified atom stereocenters. The summed E-state index contributed by atoms with van der Waals surface area (Å²) in [5.74, 6) is -0.282. The van der Waals surface area contributed by atoms with Crippen LogP contribution >= 0.6 is 0 Å². The lowest BCUT2D eigenvalue weighted by atomic mass is 10.1. The largest absolute Gasteiger partial charge is 0.306 e. The number of hydrogen-bond donors (Lipinski definition) is 0. The summed E-state index contributed by atoms with van der Waals surface area (Å²) in [6, 6.07) is 25.2. The number of benzene rings is 3. The highest BCUT2D eigenvalue weighted by molar-refractivity contribution is 6.03. The summed E-state index contributed by atoms with van der Waals surface area (Å²) in [7, 11) is 0. The minimum atomic E-state index is -0.153. The van der Waals surface area contributed by atoms with Crippen LogP contribution in [0, 0.1) is 13.8 Å². The zero-order valence-electron chi connectivity index (χ0n) is 17.1. The van der Waals surface area contributed by atoms with Gasteiger partial charge in [-0.05, 0) is 48.7 Å². The molecule has 0 heterocycles. The number of carbonyl (C=O) groups is 2. The molecule has 3 rings (SSSR count). The van der Waals surface area contributed by atoms with E-state index in [1.165, 1.54) is 6.92 Å². The highest BCUT2D eigenvalue weighted by atomic mass is 16.2. The fourth-order valence-electron chi connectivity index (χ4n) is 3.31. The third-order valence-electron chi connectivity index (χ3n) is 5.09. The number of carbonyl (C=O) groups excluding carboxylic acids is 2. The van der Waals surface area contributed by atoms with Crippen LogP contribution in [-0.4, -0.2) is 18.4 Å². The molecule has 0 atom stereocenters. The van der Waals surface area contributed by atoms with Crippen LogP contribution in [0.4, 0.5) is 11.4 Å². The number of amides is 2. The average molecular weight is 386 g/mol. The van der Waals surface area contributed by atoms with Crippen LogP contribution in [0.25, 0.3) is 0 Å². The van der Waals surface area contributed by atoms with Crippen LogP contribution in [0.2, 0.25) is 0 Å². The van der Waals surface area contributed by atoms with Crippen molar-refractivity contribution in [3.63, 3.8) is 0 Å². The normalized spacial score (nSPS) is 10.4. The van der Waals surface area contributed by atoms with Crippen LogP contribution in [-0.2, 0) is 16.1 Å². The number of para-hydroxylation sites is 1. The Kier molecular flexibility index (Phi) is 6.45. The SMILES string of the molecule is CC(=O)N(CC(=O)N(Cc1ccccc1)c1ccccc1)c1cccc(C)c1C. The Bertz CT molecular complexity index is 984. The van der Waals surface area contributed by atoms with Crippen molar-refractivity contribution >= 4 is 23.2 Å². The summed E-state index contributed by atoms with van der Waals surface area (Å²) in [5.41, 5.74) is 4.71. The highest BCUT2D eigenvalue weighted by Gasteiger charge is 2.23. The zero-order valence-corrected chi connectivity index (χ0v) is 17.1. The molecule has 3 aromatic rings. The van der Waals surface area contributed by atoms with Crippen molar-refractivity contribution in [1.29, 1.82) is 0 Å². The molecule has 3 aromatic carbocycles. The van der Waals surface area contributed by atoms with Crippen LogP contribution < -0.4 is 9.80 Å². The Morgan fingerprint density at radius 1 is 0.759 bits per heavy atom. The van der Waals surface area contributed by atoms with Crippen molar-refractivity contribution < 1.29 is 9.59 Å². The number of rotatable bonds is 6. The van der Waals surface area contributed by atoms with Gasteiger partial charge in [0.2, 0.25) is 11.8 Å². The molecule has 0 N–H and O–H groups in total. The van der Waals surface area contributed by atoms with Gasteiger partial charge in [-0.15, -0.1) is 0 Å². The second kappa shape index (κ2) is 9.20. The second-order valence-electron chi connectivity index (χ2n) is 7.13. The van der Waals surface area contributed by atoms with Crippen molar-refractivity contribution in [2.45, 2.75) is 27.3 Å². The number of hydrogen-bond acceptors (Lipinski definition) is 2. The summed E-state index contributed by atoms with van der Waals surface area (Å²) in [6.45, 7) is 5.91. The minimum absolute atomic E-state index is 0.0125. The monoisotopic (exact) mass is 386 g/mol. The molecule has 0 aliphatic rings. The lowest BCUT2D eigenvalue weighted by Gasteiger charge is -2.28. The van der Waals surface area contributed by atoms with E-state index in [1.54, 1.807) is 9.80 Å². The van der Waals surface area contributed by atoms with Gasteiger partial charge >= 0.3 is 0 Å². The smallest absolute Gasteiger partial charge is 0.247 e. The first-order chi connectivity index (χ1) is 14.0. The van der Waals surface area contributed by atoms with E-state index in [1.807, 2.05) is 92.7 Å². The lowest BCUT2D eigenvalue weighted by molar-refractivity contribution is -0.121. The van der Waals surface area contributed by atoms with Gasteiger partial charge in [-0.25, -0.2) is 0 Å². The molecule has 0 spiro atoms. The lowest BCUT2D eigenvalue weighted by Crippen LogP contribution is -2.42. The first-order valence-electron chi connectivity index (χ1n) is 9.71. The van der Waals surface area contributed by atoms with E-state index < -0.39 is 0 Å². The molecule has 148 valence electrons. The summed E-state index contributed by atoms with van der Waals surface area (Å²) in [5, 5.41) is 0. The molecule has 29 heavy (non-hydrogen) atoms. The standard InChI is InChI=1S/C25H26N2O2/c1-19-11-10-16-24(20(19)2)26(21(3)28)18-25(29)27(23-14-8-5-9-15-23)17-22-12-6-4-7-13-22/h4-16H,17-18H2,1-3H3. The summed E-state index contributed by atoms with van der Waals surface area (Å²) < 4.78 is 0. The van der Waals surface area contributed by atoms with E-state index in [4.69, 9.17) is 0 Å². The van der Waals surface area contributed by atoms with Gasteiger partial charge in [0.05, 0.1) is 6.54 Å². The number of nitrogens with zero attached hydrogens (tertiary/aromatic N) is 2. The minimum Gasteiger partial charge on any atom is -0.306 e. The molecule has 2 amide bonds. The van der Waals surface area contributed by atoms with Crippen LogP contribution in [0.5, 0.6) is 0 Å².